The summed E-state index contributed by atoms with van der Waals surface area (Å²) < 4.78 is 5.29. The Hall–Kier alpha value is -0.610. The van der Waals surface area contributed by atoms with E-state index < -0.39 is 0 Å². The molecule has 0 bridgehead atoms. The summed E-state index contributed by atoms with van der Waals surface area (Å²) in [7, 11) is 0. The van der Waals surface area contributed by atoms with E-state index in [2.05, 4.69) is 0 Å². The lowest BCUT2D eigenvalue weighted by atomic mass is 10.3. The first-order valence-electron chi connectivity index (χ1n) is 3.51. The van der Waals surface area contributed by atoms with Gasteiger partial charge in [-0.05, 0) is 6.92 Å². The molecule has 1 aliphatic rings. The molecular weight excluding hydrogens is 130 g/mol. The second-order valence-electron chi connectivity index (χ2n) is 2.65. The predicted octanol–water partition coefficient (Wildman–Crippen LogP) is -1.82. The Morgan fingerprint density at radius 2 is 2.50 bits per heavy atom. The summed E-state index contributed by atoms with van der Waals surface area (Å²) >= 11 is 0. The minimum atomic E-state index is 0.232. The number of nitrogens with one attached hydrogen (secondary N) is 2. The molecule has 4 heteroatoms. The third-order valence-electron chi connectivity index (χ3n) is 1.72. The van der Waals surface area contributed by atoms with Gasteiger partial charge in [0.1, 0.15) is 19.2 Å². The number of rotatable bonds is 0. The summed E-state index contributed by atoms with van der Waals surface area (Å²) in [6.07, 6.45) is 0.243. The Bertz CT molecular complexity index is 137. The van der Waals surface area contributed by atoms with Crippen molar-refractivity contribution in [3.63, 3.8) is 0 Å². The van der Waals surface area contributed by atoms with E-state index in [0.29, 0.717) is 0 Å². The zero-order valence-corrected chi connectivity index (χ0v) is 6.18. The van der Waals surface area contributed by atoms with E-state index in [-0.39, 0.29) is 12.1 Å². The lowest BCUT2D eigenvalue weighted by Gasteiger charge is -2.25. The van der Waals surface area contributed by atoms with Gasteiger partial charge in [-0.15, -0.1) is 0 Å². The summed E-state index contributed by atoms with van der Waals surface area (Å²) in [5, 5.41) is 7.16. The van der Waals surface area contributed by atoms with Gasteiger partial charge in [-0.25, -0.2) is 5.41 Å². The summed E-state index contributed by atoms with van der Waals surface area (Å²) in [6.45, 7) is 4.38. The van der Waals surface area contributed by atoms with Crippen LogP contribution in [0.5, 0.6) is 0 Å². The Morgan fingerprint density at radius 1 is 1.80 bits per heavy atom. The Labute approximate surface area is 60.5 Å². The van der Waals surface area contributed by atoms with Gasteiger partial charge in [0.05, 0.1) is 6.61 Å². The minimum absolute atomic E-state index is 0.232. The van der Waals surface area contributed by atoms with Crippen LogP contribution in [-0.2, 0) is 4.74 Å². The predicted molar refractivity (Wildman–Crippen MR) is 38.0 cm³/mol. The topological polar surface area (TPSA) is 63.5 Å². The molecule has 1 fully saturated rings. The van der Waals surface area contributed by atoms with Gasteiger partial charge < -0.3 is 10.5 Å². The number of guanidine groups is 1. The second kappa shape index (κ2) is 2.98. The highest BCUT2D eigenvalue weighted by Gasteiger charge is 2.21. The molecule has 0 amide bonds. The highest BCUT2D eigenvalue weighted by atomic mass is 16.5. The summed E-state index contributed by atoms with van der Waals surface area (Å²) in [6, 6.07) is 0. The minimum Gasteiger partial charge on any atom is -0.367 e. The molecule has 4 nitrogen and oxygen atoms in total. The number of hydrogen-bond donors (Lipinski definition) is 3. The molecule has 1 saturated heterocycles. The molecule has 58 valence electrons. The number of morpholine rings is 1. The largest absolute Gasteiger partial charge is 0.367 e. The monoisotopic (exact) mass is 144 g/mol. The van der Waals surface area contributed by atoms with Gasteiger partial charge in [0.25, 0.3) is 5.96 Å². The van der Waals surface area contributed by atoms with E-state index in [4.69, 9.17) is 15.9 Å². The number of nitrogens with two attached hydrogens (primary N) is 1. The molecular formula is C6H14N3O+. The number of hydrogen-bond acceptors (Lipinski definition) is 2. The first-order chi connectivity index (χ1) is 4.70. The fourth-order valence-corrected chi connectivity index (χ4v) is 1.14. The van der Waals surface area contributed by atoms with Crippen LogP contribution in [0, 0.1) is 5.41 Å². The highest BCUT2D eigenvalue weighted by Crippen LogP contribution is 1.88. The maximum absolute atomic E-state index is 7.16. The number of ether oxygens (including phenoxy) is 1. The highest BCUT2D eigenvalue weighted by molar-refractivity contribution is 5.64. The lowest BCUT2D eigenvalue weighted by molar-refractivity contribution is -0.822. The molecule has 10 heavy (non-hydrogen) atoms. The van der Waals surface area contributed by atoms with Crippen LogP contribution >= 0.6 is 0 Å². The van der Waals surface area contributed by atoms with Crippen molar-refractivity contribution >= 4 is 5.96 Å². The van der Waals surface area contributed by atoms with E-state index in [1.54, 1.807) is 0 Å². The number of quaternary nitrogens is 1. The quantitative estimate of drug-likeness (QED) is 0.277. The summed E-state index contributed by atoms with van der Waals surface area (Å²) in [4.78, 5) is 1.04. The van der Waals surface area contributed by atoms with Crippen molar-refractivity contribution in [2.45, 2.75) is 13.0 Å². The molecule has 0 aromatic carbocycles. The molecule has 2 atom stereocenters. The molecule has 0 aromatic rings. The van der Waals surface area contributed by atoms with Gasteiger partial charge in [-0.1, -0.05) is 0 Å². The van der Waals surface area contributed by atoms with Crippen molar-refractivity contribution in [3.8, 4) is 0 Å². The van der Waals surface area contributed by atoms with Gasteiger partial charge in [-0.2, -0.15) is 0 Å². The molecule has 2 unspecified atom stereocenters. The van der Waals surface area contributed by atoms with Crippen molar-refractivity contribution < 1.29 is 9.64 Å². The van der Waals surface area contributed by atoms with Crippen molar-refractivity contribution in [2.24, 2.45) is 5.73 Å². The fraction of sp³-hybridized carbons (Fsp3) is 0.833. The van der Waals surface area contributed by atoms with Crippen LogP contribution in [-0.4, -0.2) is 31.8 Å². The van der Waals surface area contributed by atoms with Crippen LogP contribution in [0.1, 0.15) is 6.92 Å². The van der Waals surface area contributed by atoms with Crippen molar-refractivity contribution in [1.29, 1.82) is 5.41 Å². The molecule has 1 heterocycles. The molecule has 1 rings (SSSR count). The summed E-state index contributed by atoms with van der Waals surface area (Å²) in [5.41, 5.74) is 5.32. The first kappa shape index (κ1) is 7.50. The third kappa shape index (κ3) is 1.68. The first-order valence-corrected chi connectivity index (χ1v) is 3.51. The van der Waals surface area contributed by atoms with E-state index in [1.165, 1.54) is 0 Å². The molecule has 0 aromatic heterocycles. The van der Waals surface area contributed by atoms with Crippen LogP contribution in [0.25, 0.3) is 0 Å². The van der Waals surface area contributed by atoms with Crippen LogP contribution < -0.4 is 10.6 Å². The second-order valence-corrected chi connectivity index (χ2v) is 2.65. The summed E-state index contributed by atoms with van der Waals surface area (Å²) in [5.74, 6) is 0.232. The van der Waals surface area contributed by atoms with Crippen LogP contribution in [0.2, 0.25) is 0 Å². The molecule has 4 N–H and O–H groups in total. The molecule has 0 saturated carbocycles. The third-order valence-corrected chi connectivity index (χ3v) is 1.72. The lowest BCUT2D eigenvalue weighted by Crippen LogP contribution is -3.18. The van der Waals surface area contributed by atoms with Gasteiger partial charge in [0, 0.05) is 0 Å². The smallest absolute Gasteiger partial charge is 0.290 e. The van der Waals surface area contributed by atoms with E-state index in [1.807, 2.05) is 6.92 Å². The van der Waals surface area contributed by atoms with Gasteiger partial charge in [-0.3, -0.25) is 4.90 Å². The van der Waals surface area contributed by atoms with Crippen molar-refractivity contribution in [2.75, 3.05) is 19.7 Å². The SMILES string of the molecule is CC1C[NH+](C(=N)N)CCO1. The molecule has 0 aliphatic carbocycles. The van der Waals surface area contributed by atoms with E-state index in [9.17, 15) is 0 Å². The maximum atomic E-state index is 7.16. The normalized spacial score (nSPS) is 33.7. The Kier molecular flexibility index (Phi) is 2.24. The van der Waals surface area contributed by atoms with Gasteiger partial charge in [0.15, 0.2) is 0 Å². The van der Waals surface area contributed by atoms with E-state index in [0.717, 1.165) is 24.6 Å². The molecule has 0 radical (unpaired) electrons. The van der Waals surface area contributed by atoms with Crippen LogP contribution in [0.15, 0.2) is 0 Å². The fourth-order valence-electron chi connectivity index (χ4n) is 1.14. The average molecular weight is 144 g/mol. The van der Waals surface area contributed by atoms with Gasteiger partial charge in [0.2, 0.25) is 0 Å². The van der Waals surface area contributed by atoms with Crippen molar-refractivity contribution in [1.82, 2.24) is 0 Å². The average Bonchev–Trinajstić information content (AvgIpc) is 1.88. The van der Waals surface area contributed by atoms with Crippen LogP contribution in [0.4, 0.5) is 0 Å². The van der Waals surface area contributed by atoms with Gasteiger partial charge >= 0.3 is 0 Å². The van der Waals surface area contributed by atoms with Crippen LogP contribution in [0.3, 0.4) is 0 Å². The molecule has 0 spiro atoms. The standard InChI is InChI=1S/C6H13N3O/c1-5-4-9(6(7)8)2-3-10-5/h5H,2-4H2,1H3,(H3,7,8)/p+1. The maximum Gasteiger partial charge on any atom is 0.290 e. The van der Waals surface area contributed by atoms with E-state index >= 15 is 0 Å². The van der Waals surface area contributed by atoms with Crippen molar-refractivity contribution in [3.05, 3.63) is 0 Å². The zero-order valence-electron chi connectivity index (χ0n) is 6.18. The zero-order chi connectivity index (χ0) is 7.56. The Morgan fingerprint density at radius 3 is 2.90 bits per heavy atom. The molecule has 1 aliphatic heterocycles. The Balaban J connectivity index is 2.39.